The molecular weight excluding hydrogens is 345 g/mol. The van der Waals surface area contributed by atoms with Gasteiger partial charge in [0, 0.05) is 30.7 Å². The Kier molecular flexibility index (Phi) is 5.13. The van der Waals surface area contributed by atoms with Crippen molar-refractivity contribution in [1.82, 2.24) is 15.0 Å². The smallest absolute Gasteiger partial charge is 0.229 e. The van der Waals surface area contributed by atoms with Crippen LogP contribution in [0, 0.1) is 6.92 Å². The molecule has 0 amide bonds. The van der Waals surface area contributed by atoms with Gasteiger partial charge in [0.25, 0.3) is 0 Å². The second-order valence-electron chi connectivity index (χ2n) is 5.15. The normalized spacial score (nSPS) is 10.5. The van der Waals surface area contributed by atoms with Crippen LogP contribution in [0.3, 0.4) is 0 Å². The molecule has 5 nitrogen and oxygen atoms in total. The van der Waals surface area contributed by atoms with Crippen molar-refractivity contribution in [2.45, 2.75) is 13.5 Å². The number of hydrogen-bond donors (Lipinski definition) is 2. The van der Waals surface area contributed by atoms with Gasteiger partial charge in [-0.1, -0.05) is 35.3 Å². The number of nitrogens with zero attached hydrogens (tertiary/aromatic N) is 3. The van der Waals surface area contributed by atoms with E-state index < -0.39 is 0 Å². The molecule has 0 aliphatic rings. The van der Waals surface area contributed by atoms with E-state index in [1.54, 1.807) is 24.4 Å². The van der Waals surface area contributed by atoms with E-state index in [9.17, 15) is 0 Å². The fourth-order valence-electron chi connectivity index (χ4n) is 2.14. The summed E-state index contributed by atoms with van der Waals surface area (Å²) < 4.78 is 0. The molecule has 2 heterocycles. The molecule has 7 heteroatoms. The van der Waals surface area contributed by atoms with Crippen molar-refractivity contribution < 1.29 is 0 Å². The summed E-state index contributed by atoms with van der Waals surface area (Å²) in [6.45, 7) is 2.52. The molecule has 0 spiro atoms. The van der Waals surface area contributed by atoms with E-state index in [1.807, 2.05) is 31.3 Å². The van der Waals surface area contributed by atoms with E-state index in [0.29, 0.717) is 34.0 Å². The lowest BCUT2D eigenvalue weighted by Gasteiger charge is -2.12. The Labute approximate surface area is 150 Å². The topological polar surface area (TPSA) is 62.7 Å². The van der Waals surface area contributed by atoms with Gasteiger partial charge in [0.2, 0.25) is 5.95 Å². The van der Waals surface area contributed by atoms with Gasteiger partial charge < -0.3 is 10.6 Å². The maximum Gasteiger partial charge on any atom is 0.229 e. The fraction of sp³-hybridized carbons (Fsp3) is 0.118. The average Bonchev–Trinajstić information content (AvgIpc) is 2.57. The zero-order valence-corrected chi connectivity index (χ0v) is 14.4. The van der Waals surface area contributed by atoms with E-state index in [-0.39, 0.29) is 0 Å². The van der Waals surface area contributed by atoms with Crippen LogP contribution in [0.2, 0.25) is 10.0 Å². The monoisotopic (exact) mass is 359 g/mol. The summed E-state index contributed by atoms with van der Waals surface area (Å²) in [6, 6.07) is 11.1. The number of hydrogen-bond acceptors (Lipinski definition) is 5. The highest BCUT2D eigenvalue weighted by atomic mass is 35.5. The van der Waals surface area contributed by atoms with E-state index in [4.69, 9.17) is 23.2 Å². The van der Waals surface area contributed by atoms with E-state index >= 15 is 0 Å². The summed E-state index contributed by atoms with van der Waals surface area (Å²) in [5, 5.41) is 7.36. The zero-order valence-electron chi connectivity index (χ0n) is 12.9. The number of pyridine rings is 1. The van der Waals surface area contributed by atoms with Gasteiger partial charge in [0.15, 0.2) is 0 Å². The highest BCUT2D eigenvalue weighted by Gasteiger charge is 2.09. The summed E-state index contributed by atoms with van der Waals surface area (Å²) in [5.74, 6) is 1.13. The Morgan fingerprint density at radius 3 is 2.54 bits per heavy atom. The number of para-hydroxylation sites is 1. The Hall–Kier alpha value is -2.37. The molecule has 0 saturated carbocycles. The third-order valence-electron chi connectivity index (χ3n) is 3.25. The molecule has 0 saturated heterocycles. The third-order valence-corrected chi connectivity index (χ3v) is 3.88. The minimum Gasteiger partial charge on any atom is -0.366 e. The number of rotatable bonds is 5. The quantitative estimate of drug-likeness (QED) is 0.682. The van der Waals surface area contributed by atoms with Crippen LogP contribution in [0.4, 0.5) is 17.5 Å². The van der Waals surface area contributed by atoms with Gasteiger partial charge in [-0.15, -0.1) is 0 Å². The molecule has 0 radical (unpaired) electrons. The van der Waals surface area contributed by atoms with Crippen LogP contribution in [0.15, 0.2) is 48.8 Å². The molecule has 0 aliphatic heterocycles. The second-order valence-corrected chi connectivity index (χ2v) is 5.97. The maximum absolute atomic E-state index is 6.18. The van der Waals surface area contributed by atoms with Gasteiger partial charge >= 0.3 is 0 Å². The maximum atomic E-state index is 6.18. The zero-order chi connectivity index (χ0) is 16.9. The molecule has 0 bridgehead atoms. The highest BCUT2D eigenvalue weighted by molar-refractivity contribution is 6.39. The number of benzene rings is 1. The van der Waals surface area contributed by atoms with Crippen LogP contribution in [0.25, 0.3) is 0 Å². The van der Waals surface area contributed by atoms with Crippen molar-refractivity contribution >= 4 is 40.7 Å². The lowest BCUT2D eigenvalue weighted by atomic mass is 10.3. The van der Waals surface area contributed by atoms with Gasteiger partial charge in [0.05, 0.1) is 15.7 Å². The van der Waals surface area contributed by atoms with Crippen LogP contribution in [0.5, 0.6) is 0 Å². The van der Waals surface area contributed by atoms with Crippen molar-refractivity contribution in [3.8, 4) is 0 Å². The minimum absolute atomic E-state index is 0.429. The third kappa shape index (κ3) is 4.13. The Bertz CT molecular complexity index is 819. The Balaban J connectivity index is 1.79. The molecule has 3 rings (SSSR count). The molecular formula is C17H15Cl2N5. The van der Waals surface area contributed by atoms with Crippen molar-refractivity contribution in [3.05, 3.63) is 70.1 Å². The molecule has 0 unspecified atom stereocenters. The molecule has 24 heavy (non-hydrogen) atoms. The van der Waals surface area contributed by atoms with Crippen molar-refractivity contribution in [2.75, 3.05) is 10.6 Å². The lowest BCUT2D eigenvalue weighted by molar-refractivity contribution is 1.05. The summed E-state index contributed by atoms with van der Waals surface area (Å²) in [6.07, 6.45) is 3.55. The van der Waals surface area contributed by atoms with Crippen LogP contribution in [0.1, 0.15) is 11.3 Å². The Morgan fingerprint density at radius 2 is 1.83 bits per heavy atom. The standard InChI is InChI=1S/C17H15Cl2N5/c1-11-8-15(21-10-12-4-3-7-20-9-12)23-17(22-11)24-16-13(18)5-2-6-14(16)19/h2-9H,10H2,1H3,(H2,21,22,23,24). The molecule has 0 fully saturated rings. The summed E-state index contributed by atoms with van der Waals surface area (Å²) in [4.78, 5) is 12.9. The molecule has 2 N–H and O–H groups in total. The van der Waals surface area contributed by atoms with Crippen LogP contribution >= 0.6 is 23.2 Å². The molecule has 1 aromatic carbocycles. The first-order chi connectivity index (χ1) is 11.6. The summed E-state index contributed by atoms with van der Waals surface area (Å²) in [5.41, 5.74) is 2.48. The van der Waals surface area contributed by atoms with Crippen molar-refractivity contribution in [2.24, 2.45) is 0 Å². The number of halogens is 2. The first-order valence-electron chi connectivity index (χ1n) is 7.31. The van der Waals surface area contributed by atoms with Gasteiger partial charge in [-0.05, 0) is 30.7 Å². The summed E-state index contributed by atoms with van der Waals surface area (Å²) >= 11 is 12.4. The van der Waals surface area contributed by atoms with E-state index in [1.165, 1.54) is 0 Å². The molecule has 0 aliphatic carbocycles. The number of aromatic nitrogens is 3. The Morgan fingerprint density at radius 1 is 1.04 bits per heavy atom. The predicted octanol–water partition coefficient (Wildman–Crippen LogP) is 4.84. The highest BCUT2D eigenvalue weighted by Crippen LogP contribution is 2.31. The first kappa shape index (κ1) is 16.5. The predicted molar refractivity (Wildman–Crippen MR) is 98.1 cm³/mol. The fourth-order valence-corrected chi connectivity index (χ4v) is 2.63. The second kappa shape index (κ2) is 7.47. The van der Waals surface area contributed by atoms with Gasteiger partial charge in [0.1, 0.15) is 5.82 Å². The summed E-state index contributed by atoms with van der Waals surface area (Å²) in [7, 11) is 0. The van der Waals surface area contributed by atoms with Gasteiger partial charge in [-0.25, -0.2) is 4.98 Å². The van der Waals surface area contributed by atoms with Crippen LogP contribution in [-0.2, 0) is 6.54 Å². The largest absolute Gasteiger partial charge is 0.366 e. The number of anilines is 3. The number of aryl methyl sites for hydroxylation is 1. The van der Waals surface area contributed by atoms with Crippen LogP contribution in [-0.4, -0.2) is 15.0 Å². The average molecular weight is 360 g/mol. The van der Waals surface area contributed by atoms with Gasteiger partial charge in [-0.3, -0.25) is 4.98 Å². The van der Waals surface area contributed by atoms with E-state index in [2.05, 4.69) is 25.6 Å². The first-order valence-corrected chi connectivity index (χ1v) is 8.07. The minimum atomic E-state index is 0.429. The van der Waals surface area contributed by atoms with Crippen molar-refractivity contribution in [3.63, 3.8) is 0 Å². The van der Waals surface area contributed by atoms with Crippen molar-refractivity contribution in [1.29, 1.82) is 0 Å². The molecule has 122 valence electrons. The molecule has 0 atom stereocenters. The number of nitrogens with one attached hydrogen (secondary N) is 2. The molecule has 2 aromatic heterocycles. The SMILES string of the molecule is Cc1cc(NCc2cccnc2)nc(Nc2c(Cl)cccc2Cl)n1. The van der Waals surface area contributed by atoms with E-state index in [0.717, 1.165) is 11.3 Å². The molecule has 3 aromatic rings. The van der Waals surface area contributed by atoms with Gasteiger partial charge in [-0.2, -0.15) is 4.98 Å². The lowest BCUT2D eigenvalue weighted by Crippen LogP contribution is -2.06. The van der Waals surface area contributed by atoms with Crippen LogP contribution < -0.4 is 10.6 Å².